The first-order valence-corrected chi connectivity index (χ1v) is 7.75. The molecule has 1 N–H and O–H groups in total. The number of alkyl halides is 2. The van der Waals surface area contributed by atoms with E-state index >= 15 is 0 Å². The highest BCUT2D eigenvalue weighted by atomic mass is 32.1. The van der Waals surface area contributed by atoms with Gasteiger partial charge in [0.15, 0.2) is 0 Å². The zero-order chi connectivity index (χ0) is 15.6. The highest BCUT2D eigenvalue weighted by molar-refractivity contribution is 7.14. The molecule has 1 fully saturated rings. The highest BCUT2D eigenvalue weighted by Gasteiger charge is 2.29. The minimum atomic E-state index is -2.93. The van der Waals surface area contributed by atoms with Gasteiger partial charge in [0.1, 0.15) is 10.6 Å². The van der Waals surface area contributed by atoms with Crippen LogP contribution in [0.5, 0.6) is 5.75 Å². The number of carbonyl (C=O) groups excluding carboxylic acids is 1. The summed E-state index contributed by atoms with van der Waals surface area (Å²) in [5.41, 5.74) is 0. The molecule has 1 atom stereocenters. The van der Waals surface area contributed by atoms with Crippen molar-refractivity contribution in [3.05, 3.63) is 15.8 Å². The second-order valence-electron chi connectivity index (χ2n) is 5.38. The summed E-state index contributed by atoms with van der Waals surface area (Å²) >= 11 is 1.16. The predicted molar refractivity (Wildman–Crippen MR) is 78.3 cm³/mol. The van der Waals surface area contributed by atoms with Crippen molar-refractivity contribution in [3.63, 3.8) is 0 Å². The molecule has 1 amide bonds. The smallest absolute Gasteiger partial charge is 0.387 e. The second-order valence-corrected chi connectivity index (χ2v) is 6.64. The standard InChI is InChI=1S/C14H20F2N2O2S/c1-8(18(3)10-4-5-10)7-17-13(19)12-11(20-14(15)16)6-9(2)21-12/h6,8,10,14H,4-5,7H2,1-3H3,(H,17,19). The maximum Gasteiger partial charge on any atom is 0.387 e. The first-order valence-electron chi connectivity index (χ1n) is 6.94. The third kappa shape index (κ3) is 4.38. The van der Waals surface area contributed by atoms with Gasteiger partial charge in [0.05, 0.1) is 0 Å². The molecule has 1 aliphatic carbocycles. The minimum absolute atomic E-state index is 0.0480. The Hall–Kier alpha value is -1.21. The number of rotatable bonds is 7. The molecule has 0 radical (unpaired) electrons. The molecule has 0 bridgehead atoms. The summed E-state index contributed by atoms with van der Waals surface area (Å²) in [5, 5.41) is 2.79. The lowest BCUT2D eigenvalue weighted by Gasteiger charge is -2.24. The van der Waals surface area contributed by atoms with Crippen LogP contribution in [0, 0.1) is 6.92 Å². The summed E-state index contributed by atoms with van der Waals surface area (Å²) in [6.45, 7) is 1.35. The first-order chi connectivity index (χ1) is 9.88. The topological polar surface area (TPSA) is 41.6 Å². The van der Waals surface area contributed by atoms with Gasteiger partial charge in [-0.05, 0) is 39.8 Å². The largest absolute Gasteiger partial charge is 0.433 e. The molecular weight excluding hydrogens is 298 g/mol. The Labute approximate surface area is 127 Å². The summed E-state index contributed by atoms with van der Waals surface area (Å²) in [6.07, 6.45) is 2.40. The van der Waals surface area contributed by atoms with Gasteiger partial charge in [-0.3, -0.25) is 9.69 Å². The molecule has 2 rings (SSSR count). The second kappa shape index (κ2) is 6.70. The van der Waals surface area contributed by atoms with Gasteiger partial charge < -0.3 is 10.1 Å². The lowest BCUT2D eigenvalue weighted by atomic mass is 10.3. The summed E-state index contributed by atoms with van der Waals surface area (Å²) in [6, 6.07) is 2.28. The van der Waals surface area contributed by atoms with Gasteiger partial charge in [-0.1, -0.05) is 0 Å². The summed E-state index contributed by atoms with van der Waals surface area (Å²) in [4.78, 5) is 15.3. The van der Waals surface area contributed by atoms with Crippen LogP contribution >= 0.6 is 11.3 Å². The number of ether oxygens (including phenoxy) is 1. The molecule has 1 aromatic rings. The van der Waals surface area contributed by atoms with Crippen LogP contribution in [0.1, 0.15) is 34.3 Å². The average molecular weight is 318 g/mol. The van der Waals surface area contributed by atoms with Crippen LogP contribution < -0.4 is 10.1 Å². The van der Waals surface area contributed by atoms with Crippen molar-refractivity contribution < 1.29 is 18.3 Å². The van der Waals surface area contributed by atoms with Crippen molar-refractivity contribution >= 4 is 17.2 Å². The monoisotopic (exact) mass is 318 g/mol. The van der Waals surface area contributed by atoms with Gasteiger partial charge in [-0.15, -0.1) is 11.3 Å². The van der Waals surface area contributed by atoms with Crippen LogP contribution in [-0.4, -0.2) is 43.1 Å². The van der Waals surface area contributed by atoms with E-state index in [9.17, 15) is 13.6 Å². The Bertz CT molecular complexity index is 503. The lowest BCUT2D eigenvalue weighted by molar-refractivity contribution is -0.0498. The molecule has 1 saturated carbocycles. The summed E-state index contributed by atoms with van der Waals surface area (Å²) in [5.74, 6) is -0.409. The number of nitrogens with one attached hydrogen (secondary N) is 1. The van der Waals surface area contributed by atoms with Gasteiger partial charge in [0, 0.05) is 23.5 Å². The third-order valence-electron chi connectivity index (χ3n) is 3.62. The molecule has 1 unspecified atom stereocenters. The van der Waals surface area contributed by atoms with E-state index in [0.717, 1.165) is 16.2 Å². The zero-order valence-corrected chi connectivity index (χ0v) is 13.2. The third-order valence-corrected chi connectivity index (χ3v) is 4.65. The first kappa shape index (κ1) is 16.2. The maximum absolute atomic E-state index is 12.3. The van der Waals surface area contributed by atoms with Crippen LogP contribution in [0.3, 0.4) is 0 Å². The minimum Gasteiger partial charge on any atom is -0.433 e. The van der Waals surface area contributed by atoms with Crippen LogP contribution in [0.4, 0.5) is 8.78 Å². The molecule has 1 heterocycles. The molecular formula is C14H20F2N2O2S. The molecule has 0 saturated heterocycles. The van der Waals surface area contributed by atoms with Crippen molar-refractivity contribution in [2.24, 2.45) is 0 Å². The Balaban J connectivity index is 1.93. The molecule has 0 aromatic carbocycles. The van der Waals surface area contributed by atoms with Crippen molar-refractivity contribution in [3.8, 4) is 5.75 Å². The number of hydrogen-bond acceptors (Lipinski definition) is 4. The molecule has 21 heavy (non-hydrogen) atoms. The van der Waals surface area contributed by atoms with E-state index in [-0.39, 0.29) is 22.6 Å². The Kier molecular flexibility index (Phi) is 5.16. The fraction of sp³-hybridized carbons (Fsp3) is 0.643. The van der Waals surface area contributed by atoms with E-state index in [1.807, 2.05) is 14.0 Å². The van der Waals surface area contributed by atoms with E-state index in [4.69, 9.17) is 0 Å². The molecule has 4 nitrogen and oxygen atoms in total. The number of aryl methyl sites for hydroxylation is 1. The van der Waals surface area contributed by atoms with E-state index in [1.165, 1.54) is 18.9 Å². The van der Waals surface area contributed by atoms with Crippen LogP contribution in [0.2, 0.25) is 0 Å². The highest BCUT2D eigenvalue weighted by Crippen LogP contribution is 2.30. The Morgan fingerprint density at radius 2 is 2.24 bits per heavy atom. The Morgan fingerprint density at radius 3 is 2.81 bits per heavy atom. The van der Waals surface area contributed by atoms with Crippen molar-refractivity contribution in [2.45, 2.75) is 45.4 Å². The number of hydrogen-bond donors (Lipinski definition) is 1. The molecule has 0 spiro atoms. The molecule has 118 valence electrons. The number of likely N-dealkylation sites (N-methyl/N-ethyl adjacent to an activating group) is 1. The van der Waals surface area contributed by atoms with Crippen LogP contribution in [0.25, 0.3) is 0 Å². The quantitative estimate of drug-likeness (QED) is 0.840. The van der Waals surface area contributed by atoms with E-state index in [2.05, 4.69) is 15.0 Å². The summed E-state index contributed by atoms with van der Waals surface area (Å²) < 4.78 is 29.1. The van der Waals surface area contributed by atoms with Gasteiger partial charge in [0.2, 0.25) is 0 Å². The summed E-state index contributed by atoms with van der Waals surface area (Å²) in [7, 11) is 2.04. The number of carbonyl (C=O) groups is 1. The average Bonchev–Trinajstić information content (AvgIpc) is 3.19. The van der Waals surface area contributed by atoms with E-state index < -0.39 is 6.61 Å². The normalized spacial score (nSPS) is 16.3. The van der Waals surface area contributed by atoms with E-state index in [1.54, 1.807) is 6.92 Å². The van der Waals surface area contributed by atoms with Crippen LogP contribution in [0.15, 0.2) is 6.07 Å². The zero-order valence-electron chi connectivity index (χ0n) is 12.4. The predicted octanol–water partition coefficient (Wildman–Crippen LogP) is 2.87. The number of halogens is 2. The van der Waals surface area contributed by atoms with Gasteiger partial charge in [0.25, 0.3) is 5.91 Å². The van der Waals surface area contributed by atoms with Crippen molar-refractivity contribution in [1.29, 1.82) is 0 Å². The van der Waals surface area contributed by atoms with E-state index in [0.29, 0.717) is 12.6 Å². The van der Waals surface area contributed by atoms with Crippen LogP contribution in [-0.2, 0) is 0 Å². The maximum atomic E-state index is 12.3. The molecule has 1 aromatic heterocycles. The number of amides is 1. The van der Waals surface area contributed by atoms with Gasteiger partial charge in [-0.25, -0.2) is 0 Å². The molecule has 1 aliphatic rings. The molecule has 0 aliphatic heterocycles. The molecule has 7 heteroatoms. The fourth-order valence-corrected chi connectivity index (χ4v) is 3.00. The van der Waals surface area contributed by atoms with Crippen molar-refractivity contribution in [1.82, 2.24) is 10.2 Å². The van der Waals surface area contributed by atoms with Gasteiger partial charge in [-0.2, -0.15) is 8.78 Å². The SMILES string of the molecule is Cc1cc(OC(F)F)c(C(=O)NCC(C)N(C)C2CC2)s1. The number of nitrogens with zero attached hydrogens (tertiary/aromatic N) is 1. The van der Waals surface area contributed by atoms with Crippen molar-refractivity contribution in [2.75, 3.05) is 13.6 Å². The lowest BCUT2D eigenvalue weighted by Crippen LogP contribution is -2.41. The Morgan fingerprint density at radius 1 is 1.57 bits per heavy atom. The fourth-order valence-electron chi connectivity index (χ4n) is 2.14. The van der Waals surface area contributed by atoms with Gasteiger partial charge >= 0.3 is 6.61 Å². The number of thiophene rings is 1.